The van der Waals surface area contributed by atoms with Crippen molar-refractivity contribution in [3.8, 4) is 0 Å². The van der Waals surface area contributed by atoms with Gasteiger partial charge in [-0.25, -0.2) is 14.0 Å². The zero-order valence-corrected chi connectivity index (χ0v) is 19.9. The van der Waals surface area contributed by atoms with Gasteiger partial charge < -0.3 is 9.54 Å². The number of benzene rings is 2. The minimum absolute atomic E-state index is 0.327. The highest BCUT2D eigenvalue weighted by Crippen LogP contribution is 2.13. The molecule has 4 rings (SSSR count). The summed E-state index contributed by atoms with van der Waals surface area (Å²) in [5.41, 5.74) is 2.25. The summed E-state index contributed by atoms with van der Waals surface area (Å²) in [7, 11) is 0. The average Bonchev–Trinajstić information content (AvgIpc) is 3.26. The maximum absolute atomic E-state index is 13.1. The van der Waals surface area contributed by atoms with Gasteiger partial charge in [-0.05, 0) is 48.9 Å². The standard InChI is InChI=1S/C25H28N4O4S/c1-2-15-29-24(30)22-23(27-21(26-22)17-19-9-4-3-5-10-19)28(25(29)31)16-7-6-8-18-11-13-20(14-12-18)34(32)33/h3-5,9-14H,2,6-8,15-17H2,1H3,(H,26,27)(H,32,33). The van der Waals surface area contributed by atoms with Crippen LogP contribution < -0.4 is 11.2 Å². The minimum Gasteiger partial charge on any atom is -0.336 e. The van der Waals surface area contributed by atoms with Crippen LogP contribution in [0.2, 0.25) is 0 Å². The molecule has 4 aromatic rings. The molecule has 2 aromatic heterocycles. The number of hydrogen-bond acceptors (Lipinski definition) is 4. The van der Waals surface area contributed by atoms with Crippen molar-refractivity contribution in [2.45, 2.75) is 57.0 Å². The Kier molecular flexibility index (Phi) is 7.54. The molecule has 0 spiro atoms. The number of aromatic nitrogens is 4. The van der Waals surface area contributed by atoms with E-state index in [1.807, 2.05) is 49.4 Å². The van der Waals surface area contributed by atoms with Crippen LogP contribution in [-0.4, -0.2) is 27.9 Å². The lowest BCUT2D eigenvalue weighted by Crippen LogP contribution is -2.40. The van der Waals surface area contributed by atoms with Gasteiger partial charge in [-0.15, -0.1) is 0 Å². The first kappa shape index (κ1) is 23.8. The third-order valence-electron chi connectivity index (χ3n) is 5.79. The molecule has 8 nitrogen and oxygen atoms in total. The molecule has 0 bridgehead atoms. The molecule has 2 heterocycles. The molecule has 2 N–H and O–H groups in total. The third-order valence-corrected chi connectivity index (χ3v) is 6.47. The average molecular weight is 481 g/mol. The number of aryl methyl sites for hydroxylation is 2. The van der Waals surface area contributed by atoms with Crippen molar-refractivity contribution in [2.24, 2.45) is 0 Å². The lowest BCUT2D eigenvalue weighted by atomic mass is 10.1. The van der Waals surface area contributed by atoms with Gasteiger partial charge in [-0.1, -0.05) is 49.4 Å². The Morgan fingerprint density at radius 2 is 1.68 bits per heavy atom. The highest BCUT2D eigenvalue weighted by Gasteiger charge is 2.17. The molecule has 0 saturated heterocycles. The van der Waals surface area contributed by atoms with Crippen molar-refractivity contribution in [3.05, 3.63) is 92.4 Å². The molecule has 0 saturated carbocycles. The molecule has 0 amide bonds. The third kappa shape index (κ3) is 5.26. The van der Waals surface area contributed by atoms with Crippen LogP contribution in [0.3, 0.4) is 0 Å². The molecule has 0 radical (unpaired) electrons. The number of aromatic amines is 1. The Hall–Kier alpha value is -3.30. The van der Waals surface area contributed by atoms with E-state index in [-0.39, 0.29) is 11.2 Å². The molecule has 2 aromatic carbocycles. The Morgan fingerprint density at radius 3 is 2.35 bits per heavy atom. The van der Waals surface area contributed by atoms with Gasteiger partial charge >= 0.3 is 5.69 Å². The number of nitrogens with zero attached hydrogens (tertiary/aromatic N) is 3. The largest absolute Gasteiger partial charge is 0.336 e. The van der Waals surface area contributed by atoms with Crippen molar-refractivity contribution in [2.75, 3.05) is 0 Å². The first-order valence-corrected chi connectivity index (χ1v) is 12.5. The van der Waals surface area contributed by atoms with Crippen LogP contribution in [0.4, 0.5) is 0 Å². The van der Waals surface area contributed by atoms with Crippen LogP contribution in [0.15, 0.2) is 69.1 Å². The zero-order chi connectivity index (χ0) is 24.1. The smallest absolute Gasteiger partial charge is 0.332 e. The fourth-order valence-corrected chi connectivity index (χ4v) is 4.45. The first-order valence-electron chi connectivity index (χ1n) is 11.4. The summed E-state index contributed by atoms with van der Waals surface area (Å²) in [4.78, 5) is 34.3. The van der Waals surface area contributed by atoms with Gasteiger partial charge in [0.2, 0.25) is 0 Å². The fourth-order valence-electron chi connectivity index (χ4n) is 4.08. The van der Waals surface area contributed by atoms with Gasteiger partial charge in [0, 0.05) is 19.5 Å². The second-order valence-corrected chi connectivity index (χ2v) is 9.26. The van der Waals surface area contributed by atoms with Gasteiger partial charge in [0.25, 0.3) is 5.56 Å². The van der Waals surface area contributed by atoms with Crippen molar-refractivity contribution in [3.63, 3.8) is 0 Å². The van der Waals surface area contributed by atoms with E-state index in [1.54, 1.807) is 16.7 Å². The Balaban J connectivity index is 1.56. The lowest BCUT2D eigenvalue weighted by Gasteiger charge is -2.10. The van der Waals surface area contributed by atoms with E-state index in [2.05, 4.69) is 9.97 Å². The highest BCUT2D eigenvalue weighted by molar-refractivity contribution is 7.79. The molecule has 9 heteroatoms. The van der Waals surface area contributed by atoms with Crippen LogP contribution in [0, 0.1) is 0 Å². The second-order valence-electron chi connectivity index (χ2n) is 8.29. The number of unbranched alkanes of at least 4 members (excludes halogenated alkanes) is 1. The maximum Gasteiger partial charge on any atom is 0.332 e. The number of nitrogens with one attached hydrogen (secondary N) is 1. The van der Waals surface area contributed by atoms with Crippen LogP contribution in [0.1, 0.15) is 43.1 Å². The van der Waals surface area contributed by atoms with E-state index in [1.165, 1.54) is 4.57 Å². The van der Waals surface area contributed by atoms with Crippen molar-refractivity contribution in [1.29, 1.82) is 0 Å². The summed E-state index contributed by atoms with van der Waals surface area (Å²) in [6.07, 6.45) is 3.56. The zero-order valence-electron chi connectivity index (χ0n) is 19.1. The number of fused-ring (bicyclic) bond motifs is 1. The van der Waals surface area contributed by atoms with Gasteiger partial charge in [-0.3, -0.25) is 13.9 Å². The molecule has 178 valence electrons. The molecule has 0 fully saturated rings. The molecule has 0 aliphatic heterocycles. The molecule has 34 heavy (non-hydrogen) atoms. The SMILES string of the molecule is CCCn1c(=O)c2[nH]c(Cc3ccccc3)nc2n(CCCCc2ccc(S(=O)O)cc2)c1=O. The van der Waals surface area contributed by atoms with Crippen LogP contribution in [0.5, 0.6) is 0 Å². The van der Waals surface area contributed by atoms with Gasteiger partial charge in [-0.2, -0.15) is 0 Å². The summed E-state index contributed by atoms with van der Waals surface area (Å²) >= 11 is -1.98. The predicted molar refractivity (Wildman–Crippen MR) is 133 cm³/mol. The van der Waals surface area contributed by atoms with Crippen molar-refractivity contribution >= 4 is 22.2 Å². The Labute approximate surface area is 199 Å². The molecule has 1 unspecified atom stereocenters. The summed E-state index contributed by atoms with van der Waals surface area (Å²) in [6.45, 7) is 2.75. The number of rotatable bonds is 10. The van der Waals surface area contributed by atoms with Gasteiger partial charge in [0.05, 0.1) is 4.90 Å². The van der Waals surface area contributed by atoms with Crippen molar-refractivity contribution in [1.82, 2.24) is 19.1 Å². The maximum atomic E-state index is 13.1. The molecular weight excluding hydrogens is 452 g/mol. The predicted octanol–water partition coefficient (Wildman–Crippen LogP) is 3.49. The first-order chi connectivity index (χ1) is 16.5. The summed E-state index contributed by atoms with van der Waals surface area (Å²) in [6, 6.07) is 16.9. The van der Waals surface area contributed by atoms with E-state index in [0.29, 0.717) is 47.8 Å². The van der Waals surface area contributed by atoms with E-state index in [9.17, 15) is 13.8 Å². The molecular formula is C25H28N4O4S. The van der Waals surface area contributed by atoms with E-state index in [4.69, 9.17) is 4.55 Å². The summed E-state index contributed by atoms with van der Waals surface area (Å²) in [5, 5.41) is 0. The van der Waals surface area contributed by atoms with Crippen LogP contribution >= 0.6 is 0 Å². The minimum atomic E-state index is -1.98. The van der Waals surface area contributed by atoms with E-state index >= 15 is 0 Å². The van der Waals surface area contributed by atoms with Crippen LogP contribution in [0.25, 0.3) is 11.2 Å². The number of imidazole rings is 1. The quantitative estimate of drug-likeness (QED) is 0.267. The summed E-state index contributed by atoms with van der Waals surface area (Å²) < 4.78 is 23.2. The van der Waals surface area contributed by atoms with E-state index < -0.39 is 11.1 Å². The van der Waals surface area contributed by atoms with Crippen molar-refractivity contribution < 1.29 is 8.76 Å². The van der Waals surface area contributed by atoms with Crippen LogP contribution in [-0.2, 0) is 37.0 Å². The number of H-pyrrole nitrogens is 1. The molecule has 0 aliphatic carbocycles. The highest BCUT2D eigenvalue weighted by atomic mass is 32.2. The Morgan fingerprint density at radius 1 is 0.941 bits per heavy atom. The van der Waals surface area contributed by atoms with Gasteiger partial charge in [0.1, 0.15) is 11.3 Å². The lowest BCUT2D eigenvalue weighted by molar-refractivity contribution is 0.536. The molecule has 0 aliphatic rings. The normalized spacial score (nSPS) is 12.3. The molecule has 1 atom stereocenters. The fraction of sp³-hybridized carbons (Fsp3) is 0.320. The monoisotopic (exact) mass is 480 g/mol. The number of hydrogen-bond donors (Lipinski definition) is 2. The summed E-state index contributed by atoms with van der Waals surface area (Å²) in [5.74, 6) is 0.655. The van der Waals surface area contributed by atoms with E-state index in [0.717, 1.165) is 30.4 Å². The Bertz CT molecular complexity index is 1410. The second kappa shape index (κ2) is 10.8. The van der Waals surface area contributed by atoms with Gasteiger partial charge in [0.15, 0.2) is 16.7 Å². The topological polar surface area (TPSA) is 110 Å².